The predicted octanol–water partition coefficient (Wildman–Crippen LogP) is 3.26. The van der Waals surface area contributed by atoms with Crippen molar-refractivity contribution in [3.05, 3.63) is 24.6 Å². The Kier molecular flexibility index (Phi) is 17.1. The summed E-state index contributed by atoms with van der Waals surface area (Å²) < 4.78 is 27.8. The highest BCUT2D eigenvalue weighted by molar-refractivity contribution is 6.77. The molecule has 8 heteroatoms. The van der Waals surface area contributed by atoms with Gasteiger partial charge in [-0.1, -0.05) is 6.92 Å². The summed E-state index contributed by atoms with van der Waals surface area (Å²) in [5, 5.41) is 0. The van der Waals surface area contributed by atoms with Crippen molar-refractivity contribution < 1.29 is 22.1 Å². The van der Waals surface area contributed by atoms with Crippen LogP contribution in [0.1, 0.15) is 48.0 Å². The SMILES string of the molecule is C=C[Si](C=C)(OCC)OCC.CCO[Si](OCC)(OCC)C(N)CC. The molecule has 0 saturated carbocycles. The van der Waals surface area contributed by atoms with Crippen LogP contribution in [0, 0.1) is 0 Å². The van der Waals surface area contributed by atoms with Crippen molar-refractivity contribution in [1.82, 2.24) is 0 Å². The van der Waals surface area contributed by atoms with Crippen LogP contribution in [0.2, 0.25) is 0 Å². The summed E-state index contributed by atoms with van der Waals surface area (Å²) in [4.78, 5) is 0. The monoisotopic (exact) mass is 393 g/mol. The third-order valence-corrected chi connectivity index (χ3v) is 9.25. The molecule has 0 rings (SSSR count). The van der Waals surface area contributed by atoms with E-state index in [4.69, 9.17) is 27.9 Å². The van der Waals surface area contributed by atoms with Crippen molar-refractivity contribution in [3.8, 4) is 0 Å². The summed E-state index contributed by atoms with van der Waals surface area (Å²) in [5.74, 6) is 0. The Morgan fingerprint density at radius 3 is 1.24 bits per heavy atom. The topological polar surface area (TPSA) is 72.2 Å². The van der Waals surface area contributed by atoms with Gasteiger partial charge in [0, 0.05) is 33.0 Å². The van der Waals surface area contributed by atoms with Crippen LogP contribution in [0.3, 0.4) is 0 Å². The van der Waals surface area contributed by atoms with Crippen LogP contribution >= 0.6 is 0 Å². The number of hydrogen-bond donors (Lipinski definition) is 1. The molecule has 25 heavy (non-hydrogen) atoms. The Balaban J connectivity index is 0. The first-order valence-electron chi connectivity index (χ1n) is 9.13. The molecule has 0 spiro atoms. The first kappa shape index (κ1) is 26.9. The van der Waals surface area contributed by atoms with Gasteiger partial charge >= 0.3 is 17.4 Å². The molecule has 0 bridgehead atoms. The molecular weight excluding hydrogens is 354 g/mol. The van der Waals surface area contributed by atoms with E-state index in [0.717, 1.165) is 6.42 Å². The number of hydrogen-bond acceptors (Lipinski definition) is 6. The molecule has 0 amide bonds. The van der Waals surface area contributed by atoms with Gasteiger partial charge in [0.25, 0.3) is 0 Å². The Bertz CT molecular complexity index is 312. The average Bonchev–Trinajstić information content (AvgIpc) is 2.61. The van der Waals surface area contributed by atoms with Gasteiger partial charge in [0.2, 0.25) is 0 Å². The van der Waals surface area contributed by atoms with E-state index in [1.807, 2.05) is 41.5 Å². The van der Waals surface area contributed by atoms with E-state index in [-0.39, 0.29) is 5.67 Å². The van der Waals surface area contributed by atoms with Crippen molar-refractivity contribution in [2.75, 3.05) is 33.0 Å². The molecule has 1 unspecified atom stereocenters. The normalized spacial score (nSPS) is 12.9. The zero-order chi connectivity index (χ0) is 19.8. The molecule has 6 nitrogen and oxygen atoms in total. The second-order valence-corrected chi connectivity index (χ2v) is 10.6. The van der Waals surface area contributed by atoms with E-state index < -0.39 is 17.4 Å². The summed E-state index contributed by atoms with van der Waals surface area (Å²) in [7, 11) is -4.84. The summed E-state index contributed by atoms with van der Waals surface area (Å²) in [5.41, 5.74) is 9.36. The Hall–Kier alpha value is -0.326. The van der Waals surface area contributed by atoms with Crippen LogP contribution in [0.5, 0.6) is 0 Å². The first-order valence-corrected chi connectivity index (χ1v) is 12.9. The third-order valence-electron chi connectivity index (χ3n) is 3.24. The second kappa shape index (κ2) is 15.9. The van der Waals surface area contributed by atoms with Crippen LogP contribution < -0.4 is 5.73 Å². The third kappa shape index (κ3) is 9.81. The average molecular weight is 394 g/mol. The summed E-state index contributed by atoms with van der Waals surface area (Å²) in [6.45, 7) is 22.1. The molecule has 0 heterocycles. The lowest BCUT2D eigenvalue weighted by Gasteiger charge is -2.32. The molecule has 0 aromatic rings. The maximum Gasteiger partial charge on any atom is 0.518 e. The molecule has 0 aliphatic rings. The molecule has 0 radical (unpaired) electrons. The smallest absolute Gasteiger partial charge is 0.389 e. The van der Waals surface area contributed by atoms with Gasteiger partial charge in [-0.15, -0.1) is 13.2 Å². The molecule has 1 atom stereocenters. The van der Waals surface area contributed by atoms with Gasteiger partial charge in [-0.25, -0.2) is 0 Å². The fourth-order valence-corrected chi connectivity index (χ4v) is 6.33. The van der Waals surface area contributed by atoms with E-state index in [2.05, 4.69) is 13.2 Å². The van der Waals surface area contributed by atoms with Crippen LogP contribution in [-0.4, -0.2) is 56.1 Å². The van der Waals surface area contributed by atoms with Crippen molar-refractivity contribution in [2.24, 2.45) is 5.73 Å². The molecule has 150 valence electrons. The highest BCUT2D eigenvalue weighted by Gasteiger charge is 2.46. The quantitative estimate of drug-likeness (QED) is 0.457. The second-order valence-electron chi connectivity index (χ2n) is 4.91. The molecule has 0 aromatic carbocycles. The van der Waals surface area contributed by atoms with Gasteiger partial charge in [0.05, 0.1) is 5.67 Å². The van der Waals surface area contributed by atoms with Gasteiger partial charge in [0.15, 0.2) is 0 Å². The Morgan fingerprint density at radius 2 is 1.04 bits per heavy atom. The van der Waals surface area contributed by atoms with Crippen LogP contribution in [0.4, 0.5) is 0 Å². The van der Waals surface area contributed by atoms with Crippen molar-refractivity contribution in [2.45, 2.75) is 53.6 Å². The maximum absolute atomic E-state index is 6.00. The minimum absolute atomic E-state index is 0.123. The van der Waals surface area contributed by atoms with Crippen molar-refractivity contribution in [1.29, 1.82) is 0 Å². The fourth-order valence-electron chi connectivity index (χ4n) is 2.11. The Labute approximate surface area is 156 Å². The van der Waals surface area contributed by atoms with Gasteiger partial charge in [0.1, 0.15) is 0 Å². The van der Waals surface area contributed by atoms with Crippen molar-refractivity contribution >= 4 is 17.4 Å². The largest absolute Gasteiger partial charge is 0.518 e. The van der Waals surface area contributed by atoms with E-state index in [1.54, 1.807) is 11.4 Å². The molecule has 2 N–H and O–H groups in total. The lowest BCUT2D eigenvalue weighted by molar-refractivity contribution is 0.0618. The predicted molar refractivity (Wildman–Crippen MR) is 108 cm³/mol. The van der Waals surface area contributed by atoms with Crippen molar-refractivity contribution in [3.63, 3.8) is 0 Å². The van der Waals surface area contributed by atoms with Gasteiger partial charge in [-0.3, -0.25) is 0 Å². The summed E-state index contributed by atoms with van der Waals surface area (Å²) >= 11 is 0. The summed E-state index contributed by atoms with van der Waals surface area (Å²) in [6, 6.07) is 0. The van der Waals surface area contributed by atoms with E-state index >= 15 is 0 Å². The van der Waals surface area contributed by atoms with E-state index in [0.29, 0.717) is 33.0 Å². The molecular formula is C17H39NO5Si2. The minimum Gasteiger partial charge on any atom is -0.389 e. The standard InChI is InChI=1S/C9H23NO3Si.C8H16O2Si/c1-5-9(10)14(11-6-2,12-7-3)13-8-4;1-5-9-11(7-3,8-4)10-6-2/h9H,5-8,10H2,1-4H3;7-8H,3-6H2,1-2H3. The van der Waals surface area contributed by atoms with Crippen LogP contribution in [0.25, 0.3) is 0 Å². The minimum atomic E-state index is -2.62. The molecule has 0 aliphatic carbocycles. The van der Waals surface area contributed by atoms with Gasteiger partial charge < -0.3 is 27.9 Å². The number of nitrogens with two attached hydrogens (primary N) is 1. The molecule has 0 aromatic heterocycles. The lowest BCUT2D eigenvalue weighted by atomic mass is 10.5. The zero-order valence-electron chi connectivity index (χ0n) is 17.0. The highest BCUT2D eigenvalue weighted by atomic mass is 28.4. The van der Waals surface area contributed by atoms with E-state index in [9.17, 15) is 0 Å². The zero-order valence-corrected chi connectivity index (χ0v) is 19.0. The Morgan fingerprint density at radius 1 is 0.720 bits per heavy atom. The van der Waals surface area contributed by atoms with E-state index in [1.165, 1.54) is 0 Å². The molecule has 0 aliphatic heterocycles. The van der Waals surface area contributed by atoms with Crippen LogP contribution in [-0.2, 0) is 22.1 Å². The lowest BCUT2D eigenvalue weighted by Crippen LogP contribution is -2.60. The molecule has 0 saturated heterocycles. The van der Waals surface area contributed by atoms with Crippen LogP contribution in [0.15, 0.2) is 24.6 Å². The maximum atomic E-state index is 6.00. The fraction of sp³-hybridized carbons (Fsp3) is 0.765. The van der Waals surface area contributed by atoms with Gasteiger partial charge in [-0.05, 0) is 52.4 Å². The highest BCUT2D eigenvalue weighted by Crippen LogP contribution is 2.15. The number of rotatable bonds is 14. The first-order chi connectivity index (χ1) is 11.9. The summed E-state index contributed by atoms with van der Waals surface area (Å²) in [6.07, 6.45) is 0.812. The molecule has 0 fully saturated rings. The van der Waals surface area contributed by atoms with Gasteiger partial charge in [-0.2, -0.15) is 0 Å².